The smallest absolute Gasteiger partial charge is 0.359 e. The van der Waals surface area contributed by atoms with Crippen LogP contribution in [-0.4, -0.2) is 12.7 Å². The zero-order chi connectivity index (χ0) is 9.68. The average Bonchev–Trinajstić information content (AvgIpc) is 2.15. The highest BCUT2D eigenvalue weighted by Gasteiger charge is 2.10. The van der Waals surface area contributed by atoms with E-state index >= 15 is 0 Å². The number of anilines is 1. The molecule has 66 valence electrons. The van der Waals surface area contributed by atoms with Crippen LogP contribution in [0.3, 0.4) is 0 Å². The Balaban J connectivity index is 2.78. The number of hydrogen-bond acceptors (Lipinski definition) is 3. The molecule has 4 nitrogen and oxygen atoms in total. The number of nitrogens with zero attached hydrogens (tertiary/aromatic N) is 1. The summed E-state index contributed by atoms with van der Waals surface area (Å²) in [7, 11) is 0. The predicted molar refractivity (Wildman–Crippen MR) is 47.7 cm³/mol. The van der Waals surface area contributed by atoms with Crippen molar-refractivity contribution in [1.82, 2.24) is 0 Å². The van der Waals surface area contributed by atoms with E-state index in [2.05, 4.69) is 9.58 Å². The molecule has 0 saturated heterocycles. The summed E-state index contributed by atoms with van der Waals surface area (Å²) < 4.78 is 4.58. The van der Waals surface area contributed by atoms with E-state index < -0.39 is 5.97 Å². The monoisotopic (exact) mass is 176 g/mol. The Morgan fingerprint density at radius 2 is 2.23 bits per heavy atom. The zero-order valence-electron chi connectivity index (χ0n) is 6.86. The fraction of sp³-hybridized carbons (Fsp3) is 0.111. The van der Waals surface area contributed by atoms with Gasteiger partial charge in [-0.05, 0) is 12.1 Å². The first-order valence-corrected chi connectivity index (χ1v) is 3.60. The molecule has 0 atom stereocenters. The number of nitrogen functional groups attached to an aromatic ring is 1. The summed E-state index contributed by atoms with van der Waals surface area (Å²) in [6.45, 7) is 6.16. The number of para-hydroxylation sites is 1. The Morgan fingerprint density at radius 1 is 1.54 bits per heavy atom. The van der Waals surface area contributed by atoms with Gasteiger partial charge < -0.3 is 10.5 Å². The van der Waals surface area contributed by atoms with Crippen molar-refractivity contribution in [3.8, 4) is 0 Å². The fourth-order valence-corrected chi connectivity index (χ4v) is 0.852. The van der Waals surface area contributed by atoms with E-state index in [0.717, 1.165) is 0 Å². The largest absolute Gasteiger partial charge is 0.398 e. The van der Waals surface area contributed by atoms with Crippen molar-refractivity contribution >= 4 is 11.7 Å². The standard InChI is InChI=1S/C9H8N2O2/c1-11-6-13-9(12)7-4-2-3-5-8(7)10/h2-5H,6,10H2. The normalized spacial score (nSPS) is 8.85. The van der Waals surface area contributed by atoms with Crippen LogP contribution in [0, 0.1) is 6.57 Å². The number of nitrogens with two attached hydrogens (primary N) is 1. The highest BCUT2D eigenvalue weighted by Crippen LogP contribution is 2.11. The van der Waals surface area contributed by atoms with Crippen LogP contribution < -0.4 is 5.73 Å². The molecule has 2 N–H and O–H groups in total. The first-order valence-electron chi connectivity index (χ1n) is 3.60. The first-order chi connectivity index (χ1) is 6.25. The van der Waals surface area contributed by atoms with Crippen LogP contribution in [0.1, 0.15) is 10.4 Å². The third-order valence-electron chi connectivity index (χ3n) is 1.44. The molecule has 0 heterocycles. The molecule has 0 fully saturated rings. The molecule has 0 aromatic heterocycles. The van der Waals surface area contributed by atoms with Crippen molar-refractivity contribution in [2.75, 3.05) is 12.5 Å². The maximum Gasteiger partial charge on any atom is 0.359 e. The van der Waals surface area contributed by atoms with Crippen molar-refractivity contribution in [2.45, 2.75) is 0 Å². The molecule has 0 bridgehead atoms. The van der Waals surface area contributed by atoms with Crippen LogP contribution in [0.5, 0.6) is 0 Å². The van der Waals surface area contributed by atoms with Gasteiger partial charge in [-0.3, -0.25) is 4.85 Å². The minimum Gasteiger partial charge on any atom is -0.398 e. The summed E-state index contributed by atoms with van der Waals surface area (Å²) in [4.78, 5) is 14.1. The lowest BCUT2D eigenvalue weighted by atomic mass is 10.2. The number of hydrogen-bond donors (Lipinski definition) is 1. The van der Waals surface area contributed by atoms with Gasteiger partial charge in [0.1, 0.15) is 0 Å². The number of rotatable bonds is 2. The van der Waals surface area contributed by atoms with Crippen LogP contribution in [0.2, 0.25) is 0 Å². The molecular formula is C9H8N2O2. The van der Waals surface area contributed by atoms with Crippen molar-refractivity contribution in [3.05, 3.63) is 41.2 Å². The maximum atomic E-state index is 11.2. The van der Waals surface area contributed by atoms with Gasteiger partial charge in [-0.15, -0.1) is 0 Å². The quantitative estimate of drug-likeness (QED) is 0.420. The van der Waals surface area contributed by atoms with E-state index in [4.69, 9.17) is 12.3 Å². The van der Waals surface area contributed by atoms with E-state index in [-0.39, 0.29) is 6.73 Å². The van der Waals surface area contributed by atoms with Crippen molar-refractivity contribution in [2.24, 2.45) is 0 Å². The van der Waals surface area contributed by atoms with Gasteiger partial charge in [0, 0.05) is 5.69 Å². The fourth-order valence-electron chi connectivity index (χ4n) is 0.852. The van der Waals surface area contributed by atoms with Crippen LogP contribution in [-0.2, 0) is 4.74 Å². The van der Waals surface area contributed by atoms with Gasteiger partial charge in [-0.1, -0.05) is 12.1 Å². The minimum atomic E-state index is -0.561. The molecule has 0 aliphatic rings. The predicted octanol–water partition coefficient (Wildman–Crippen LogP) is 1.30. The highest BCUT2D eigenvalue weighted by molar-refractivity contribution is 5.94. The second kappa shape index (κ2) is 4.12. The molecule has 0 saturated carbocycles. The third kappa shape index (κ3) is 2.20. The van der Waals surface area contributed by atoms with E-state index in [0.29, 0.717) is 11.3 Å². The van der Waals surface area contributed by atoms with Crippen LogP contribution >= 0.6 is 0 Å². The van der Waals surface area contributed by atoms with Crippen LogP contribution in [0.4, 0.5) is 5.69 Å². The van der Waals surface area contributed by atoms with Gasteiger partial charge in [-0.2, -0.15) is 0 Å². The van der Waals surface area contributed by atoms with E-state index in [1.54, 1.807) is 24.3 Å². The summed E-state index contributed by atoms with van der Waals surface area (Å²) in [6, 6.07) is 6.57. The second-order valence-corrected chi connectivity index (χ2v) is 2.31. The number of carbonyl (C=O) groups is 1. The molecule has 1 aromatic rings. The van der Waals surface area contributed by atoms with Crippen LogP contribution in [0.25, 0.3) is 4.85 Å². The average molecular weight is 176 g/mol. The van der Waals surface area contributed by atoms with Crippen LogP contribution in [0.15, 0.2) is 24.3 Å². The Kier molecular flexibility index (Phi) is 2.87. The van der Waals surface area contributed by atoms with Gasteiger partial charge in [0.25, 0.3) is 0 Å². The molecule has 1 rings (SSSR count). The number of esters is 1. The van der Waals surface area contributed by atoms with Crippen molar-refractivity contribution < 1.29 is 9.53 Å². The summed E-state index contributed by atoms with van der Waals surface area (Å²) in [5.41, 5.74) is 6.17. The maximum absolute atomic E-state index is 11.2. The van der Waals surface area contributed by atoms with E-state index in [1.165, 1.54) is 0 Å². The number of benzene rings is 1. The summed E-state index contributed by atoms with van der Waals surface area (Å²) in [5.74, 6) is -0.561. The molecule has 13 heavy (non-hydrogen) atoms. The Hall–Kier alpha value is -2.02. The van der Waals surface area contributed by atoms with Gasteiger partial charge in [-0.25, -0.2) is 11.4 Å². The van der Waals surface area contributed by atoms with E-state index in [1.807, 2.05) is 0 Å². The Morgan fingerprint density at radius 3 is 2.85 bits per heavy atom. The highest BCUT2D eigenvalue weighted by atomic mass is 16.5. The first kappa shape index (κ1) is 9.07. The van der Waals surface area contributed by atoms with Gasteiger partial charge in [0.2, 0.25) is 0 Å². The molecule has 0 aliphatic heterocycles. The Bertz CT molecular complexity index is 355. The Labute approximate surface area is 75.7 Å². The summed E-state index contributed by atoms with van der Waals surface area (Å²) in [5, 5.41) is 0. The molecular weight excluding hydrogens is 168 g/mol. The summed E-state index contributed by atoms with van der Waals surface area (Å²) in [6.07, 6.45) is 0. The lowest BCUT2D eigenvalue weighted by molar-refractivity contribution is 0.0549. The topological polar surface area (TPSA) is 56.7 Å². The molecule has 0 radical (unpaired) electrons. The molecule has 0 aliphatic carbocycles. The second-order valence-electron chi connectivity index (χ2n) is 2.31. The lowest BCUT2D eigenvalue weighted by Crippen LogP contribution is -2.07. The molecule has 0 unspecified atom stereocenters. The molecule has 0 spiro atoms. The van der Waals surface area contributed by atoms with Gasteiger partial charge in [0.15, 0.2) is 0 Å². The number of carbonyl (C=O) groups excluding carboxylic acids is 1. The molecule has 1 aromatic carbocycles. The SMILES string of the molecule is [C-]#[N+]COC(=O)c1ccccc1N. The zero-order valence-corrected chi connectivity index (χ0v) is 6.86. The third-order valence-corrected chi connectivity index (χ3v) is 1.44. The number of ether oxygens (including phenoxy) is 1. The van der Waals surface area contributed by atoms with Crippen molar-refractivity contribution in [3.63, 3.8) is 0 Å². The van der Waals surface area contributed by atoms with E-state index in [9.17, 15) is 4.79 Å². The minimum absolute atomic E-state index is 0.271. The lowest BCUT2D eigenvalue weighted by Gasteiger charge is -2.01. The molecule has 4 heteroatoms. The summed E-state index contributed by atoms with van der Waals surface area (Å²) >= 11 is 0. The van der Waals surface area contributed by atoms with Gasteiger partial charge in [0.05, 0.1) is 5.56 Å². The van der Waals surface area contributed by atoms with Gasteiger partial charge >= 0.3 is 12.7 Å². The van der Waals surface area contributed by atoms with Crippen molar-refractivity contribution in [1.29, 1.82) is 0 Å². The molecule has 0 amide bonds.